The lowest BCUT2D eigenvalue weighted by Crippen LogP contribution is -2.12. The molecule has 0 spiro atoms. The van der Waals surface area contributed by atoms with Gasteiger partial charge in [-0.05, 0) is 37.0 Å². The number of alkyl halides is 1. The molecule has 0 aliphatic heterocycles. The Morgan fingerprint density at radius 1 is 0.857 bits per heavy atom. The Kier molecular flexibility index (Phi) is 10.6. The van der Waals surface area contributed by atoms with Gasteiger partial charge in [0.2, 0.25) is 0 Å². The molecule has 154 valence electrons. The number of unbranched alkanes of at least 4 members (excludes halogenated alkanes) is 6. The first-order chi connectivity index (χ1) is 13.7. The summed E-state index contributed by atoms with van der Waals surface area (Å²) in [6.07, 6.45) is 12.0. The quantitative estimate of drug-likeness (QED) is 0.313. The van der Waals surface area contributed by atoms with Crippen LogP contribution in [0.3, 0.4) is 0 Å². The van der Waals surface area contributed by atoms with E-state index in [9.17, 15) is 4.39 Å². The Balaban J connectivity index is 1.72. The van der Waals surface area contributed by atoms with Gasteiger partial charge in [0, 0.05) is 5.56 Å². The minimum atomic E-state index is -0.901. The van der Waals surface area contributed by atoms with Crippen LogP contribution in [-0.2, 0) is 6.42 Å². The van der Waals surface area contributed by atoms with Crippen LogP contribution in [0.25, 0.3) is 11.3 Å². The Morgan fingerprint density at radius 3 is 2.25 bits per heavy atom. The van der Waals surface area contributed by atoms with E-state index in [1.165, 1.54) is 44.1 Å². The highest BCUT2D eigenvalue weighted by Gasteiger charge is 2.08. The van der Waals surface area contributed by atoms with Crippen LogP contribution >= 0.6 is 0 Å². The molecule has 1 aromatic carbocycles. The normalized spacial score (nSPS) is 12.1. The minimum Gasteiger partial charge on any atom is -0.489 e. The molecule has 1 heterocycles. The van der Waals surface area contributed by atoms with Crippen LogP contribution < -0.4 is 4.74 Å². The van der Waals surface area contributed by atoms with Gasteiger partial charge in [-0.15, -0.1) is 0 Å². The van der Waals surface area contributed by atoms with E-state index in [1.54, 1.807) is 6.20 Å². The van der Waals surface area contributed by atoms with E-state index < -0.39 is 6.17 Å². The van der Waals surface area contributed by atoms with Gasteiger partial charge in [-0.25, -0.2) is 4.39 Å². The van der Waals surface area contributed by atoms with Crippen LogP contribution in [0.5, 0.6) is 5.75 Å². The lowest BCUT2D eigenvalue weighted by atomic mass is 10.0. The fourth-order valence-electron chi connectivity index (χ4n) is 3.28. The number of aryl methyl sites for hydroxylation is 1. The van der Waals surface area contributed by atoms with Crippen LogP contribution in [0.15, 0.2) is 42.6 Å². The topological polar surface area (TPSA) is 22.1 Å². The second-order valence-corrected chi connectivity index (χ2v) is 7.64. The summed E-state index contributed by atoms with van der Waals surface area (Å²) in [5.41, 5.74) is 3.38. The van der Waals surface area contributed by atoms with Gasteiger partial charge in [0.15, 0.2) is 0 Å². The molecule has 0 saturated carbocycles. The van der Waals surface area contributed by atoms with Gasteiger partial charge in [-0.1, -0.05) is 83.1 Å². The smallest absolute Gasteiger partial charge is 0.137 e. The molecule has 0 aliphatic carbocycles. The molecule has 0 N–H and O–H groups in total. The van der Waals surface area contributed by atoms with Crippen LogP contribution in [-0.4, -0.2) is 17.8 Å². The summed E-state index contributed by atoms with van der Waals surface area (Å²) in [6, 6.07) is 12.4. The average molecular weight is 386 g/mol. The van der Waals surface area contributed by atoms with Crippen molar-refractivity contribution in [1.29, 1.82) is 0 Å². The fourth-order valence-corrected chi connectivity index (χ4v) is 3.28. The zero-order valence-electron chi connectivity index (χ0n) is 17.6. The summed E-state index contributed by atoms with van der Waals surface area (Å²) >= 11 is 0. The van der Waals surface area contributed by atoms with Crippen LogP contribution in [0.4, 0.5) is 4.39 Å². The molecule has 0 saturated heterocycles. The first-order valence-electron chi connectivity index (χ1n) is 11.0. The molecule has 0 radical (unpaired) electrons. The number of aromatic nitrogens is 1. The zero-order valence-corrected chi connectivity index (χ0v) is 17.6. The molecular weight excluding hydrogens is 349 g/mol. The molecule has 1 aromatic heterocycles. The third-order valence-corrected chi connectivity index (χ3v) is 5.11. The van der Waals surface area contributed by atoms with Crippen LogP contribution in [0.2, 0.25) is 0 Å². The Labute approximate surface area is 170 Å². The summed E-state index contributed by atoms with van der Waals surface area (Å²) in [7, 11) is 0. The Morgan fingerprint density at radius 2 is 1.57 bits per heavy atom. The van der Waals surface area contributed by atoms with Crippen LogP contribution in [0.1, 0.15) is 77.2 Å². The number of hydrogen-bond acceptors (Lipinski definition) is 2. The molecule has 2 nitrogen and oxygen atoms in total. The summed E-state index contributed by atoms with van der Waals surface area (Å²) in [4.78, 5) is 4.48. The first-order valence-corrected chi connectivity index (χ1v) is 11.0. The lowest BCUT2D eigenvalue weighted by molar-refractivity contribution is 0.183. The number of ether oxygens (including phenoxy) is 1. The van der Waals surface area contributed by atoms with Crippen molar-refractivity contribution in [2.45, 2.75) is 84.2 Å². The van der Waals surface area contributed by atoms with Crippen molar-refractivity contribution in [3.8, 4) is 17.0 Å². The molecule has 0 amide bonds. The Bertz CT molecular complexity index is 639. The molecule has 0 fully saturated rings. The van der Waals surface area contributed by atoms with Crippen molar-refractivity contribution in [2.75, 3.05) is 6.61 Å². The largest absolute Gasteiger partial charge is 0.489 e. The average Bonchev–Trinajstić information content (AvgIpc) is 2.74. The maximum atomic E-state index is 14.0. The number of nitrogens with zero attached hydrogens (tertiary/aromatic N) is 1. The van der Waals surface area contributed by atoms with Gasteiger partial charge >= 0.3 is 0 Å². The van der Waals surface area contributed by atoms with E-state index in [0.717, 1.165) is 30.5 Å². The van der Waals surface area contributed by atoms with E-state index >= 15 is 0 Å². The molecule has 3 heteroatoms. The van der Waals surface area contributed by atoms with Gasteiger partial charge < -0.3 is 4.74 Å². The van der Waals surface area contributed by atoms with E-state index in [4.69, 9.17) is 4.74 Å². The lowest BCUT2D eigenvalue weighted by Gasteiger charge is -2.11. The molecule has 1 atom stereocenters. The molecule has 2 rings (SSSR count). The van der Waals surface area contributed by atoms with Crippen molar-refractivity contribution in [2.24, 2.45) is 0 Å². The number of hydrogen-bond donors (Lipinski definition) is 0. The number of halogens is 1. The monoisotopic (exact) mass is 385 g/mol. The van der Waals surface area contributed by atoms with Crippen molar-refractivity contribution in [3.05, 3.63) is 48.2 Å². The zero-order chi connectivity index (χ0) is 20.0. The standard InChI is InChI=1S/C25H36FNO/c1-3-5-7-8-9-10-12-23(26)20-28-24-17-18-25(27-19-24)22-15-13-21(14-16-22)11-6-4-2/h13-19,23H,3-12,20H2,1-2H3. The third kappa shape index (κ3) is 8.41. The molecule has 0 aliphatic rings. The second-order valence-electron chi connectivity index (χ2n) is 7.64. The predicted octanol–water partition coefficient (Wildman–Crippen LogP) is 7.56. The molecule has 0 bridgehead atoms. The SMILES string of the molecule is CCCCCCCCC(F)COc1ccc(-c2ccc(CCCC)cc2)nc1. The summed E-state index contributed by atoms with van der Waals surface area (Å²) in [5.74, 6) is 0.633. The highest BCUT2D eigenvalue weighted by Crippen LogP contribution is 2.21. The Hall–Kier alpha value is -1.90. The highest BCUT2D eigenvalue weighted by atomic mass is 19.1. The van der Waals surface area contributed by atoms with E-state index in [-0.39, 0.29) is 6.61 Å². The highest BCUT2D eigenvalue weighted by molar-refractivity contribution is 5.59. The van der Waals surface area contributed by atoms with Crippen molar-refractivity contribution < 1.29 is 9.13 Å². The van der Waals surface area contributed by atoms with Crippen molar-refractivity contribution >= 4 is 0 Å². The predicted molar refractivity (Wildman–Crippen MR) is 117 cm³/mol. The molecular formula is C25H36FNO. The first kappa shape index (κ1) is 22.4. The van der Waals surface area contributed by atoms with Gasteiger partial charge in [-0.3, -0.25) is 4.98 Å². The van der Waals surface area contributed by atoms with E-state index in [1.807, 2.05) is 12.1 Å². The minimum absolute atomic E-state index is 0.113. The number of rotatable bonds is 14. The van der Waals surface area contributed by atoms with Crippen molar-refractivity contribution in [3.63, 3.8) is 0 Å². The summed E-state index contributed by atoms with van der Waals surface area (Å²) in [5, 5.41) is 0. The number of benzene rings is 1. The van der Waals surface area contributed by atoms with Gasteiger partial charge in [0.25, 0.3) is 0 Å². The fraction of sp³-hybridized carbons (Fsp3) is 0.560. The van der Waals surface area contributed by atoms with Crippen molar-refractivity contribution in [1.82, 2.24) is 4.98 Å². The summed E-state index contributed by atoms with van der Waals surface area (Å²) < 4.78 is 19.6. The van der Waals surface area contributed by atoms with Gasteiger partial charge in [0.05, 0.1) is 11.9 Å². The van der Waals surface area contributed by atoms with E-state index in [2.05, 4.69) is 43.1 Å². The molecule has 1 unspecified atom stereocenters. The third-order valence-electron chi connectivity index (χ3n) is 5.11. The number of pyridine rings is 1. The maximum absolute atomic E-state index is 14.0. The second kappa shape index (κ2) is 13.3. The molecule has 2 aromatic rings. The van der Waals surface area contributed by atoms with Gasteiger partial charge in [0.1, 0.15) is 18.5 Å². The maximum Gasteiger partial charge on any atom is 0.137 e. The van der Waals surface area contributed by atoms with Crippen LogP contribution in [0, 0.1) is 0 Å². The summed E-state index contributed by atoms with van der Waals surface area (Å²) in [6.45, 7) is 4.53. The molecule has 28 heavy (non-hydrogen) atoms. The van der Waals surface area contributed by atoms with E-state index in [0.29, 0.717) is 12.2 Å². The van der Waals surface area contributed by atoms with Gasteiger partial charge in [-0.2, -0.15) is 0 Å².